The molecule has 37 heavy (non-hydrogen) atoms. The number of hydroxylamine groups is 1. The topological polar surface area (TPSA) is 103 Å². The van der Waals surface area contributed by atoms with Crippen LogP contribution < -0.4 is 15.5 Å². The molecule has 4 rings (SSSR count). The van der Waals surface area contributed by atoms with E-state index in [1.54, 1.807) is 17.6 Å². The molecule has 2 heterocycles. The van der Waals surface area contributed by atoms with E-state index >= 15 is 0 Å². The summed E-state index contributed by atoms with van der Waals surface area (Å²) in [4.78, 5) is 25.5. The quantitative estimate of drug-likeness (QED) is 0.120. The number of nitrogens with one attached hydrogen (secondary N) is 2. The third kappa shape index (κ3) is 6.33. The van der Waals surface area contributed by atoms with E-state index < -0.39 is 28.8 Å². The summed E-state index contributed by atoms with van der Waals surface area (Å²) in [6.45, 7) is 2.66. The molecule has 2 aromatic rings. The molecule has 13 heteroatoms. The van der Waals surface area contributed by atoms with Gasteiger partial charge in [-0.05, 0) is 61.2 Å². The van der Waals surface area contributed by atoms with Gasteiger partial charge < -0.3 is 14.8 Å². The Morgan fingerprint density at radius 2 is 1.97 bits per heavy atom. The highest BCUT2D eigenvalue weighted by atomic mass is 35.5. The maximum absolute atomic E-state index is 14.9. The van der Waals surface area contributed by atoms with Crippen molar-refractivity contribution in [3.63, 3.8) is 0 Å². The minimum atomic E-state index is -1.09. The summed E-state index contributed by atoms with van der Waals surface area (Å²) in [6.07, 6.45) is 1.75. The molecule has 3 N–H and O–H groups in total. The number of carbonyl (C=O) groups excluding carboxylic acids is 2. The number of likely N-dealkylation sites (tertiary alicyclic amines) is 1. The van der Waals surface area contributed by atoms with Gasteiger partial charge in [0.2, 0.25) is 6.41 Å². The number of halogens is 3. The second-order valence-electron chi connectivity index (χ2n) is 8.77. The molecule has 0 spiro atoms. The lowest BCUT2D eigenvalue weighted by atomic mass is 9.96. The van der Waals surface area contributed by atoms with Gasteiger partial charge >= 0.3 is 0 Å². The third-order valence-corrected chi connectivity index (χ3v) is 7.90. The maximum Gasteiger partial charge on any atom is 0.266 e. The van der Waals surface area contributed by atoms with Crippen LogP contribution >= 0.6 is 23.5 Å². The van der Waals surface area contributed by atoms with Crippen LogP contribution in [0.2, 0.25) is 5.02 Å². The van der Waals surface area contributed by atoms with Crippen molar-refractivity contribution in [1.29, 1.82) is 0 Å². The van der Waals surface area contributed by atoms with Crippen LogP contribution in [0.1, 0.15) is 12.8 Å². The molecule has 2 unspecified atom stereocenters. The lowest BCUT2D eigenvalue weighted by molar-refractivity contribution is -0.141. The number of hydrogen-bond donors (Lipinski definition) is 3. The van der Waals surface area contributed by atoms with Gasteiger partial charge in [0, 0.05) is 42.1 Å². The summed E-state index contributed by atoms with van der Waals surface area (Å²) in [7, 11) is 0. The minimum absolute atomic E-state index is 0.0936. The molecule has 0 radical (unpaired) electrons. The summed E-state index contributed by atoms with van der Waals surface area (Å²) < 4.78 is 42.5. The predicted molar refractivity (Wildman–Crippen MR) is 133 cm³/mol. The molecule has 0 aliphatic carbocycles. The standard InChI is InChI=1S/C24H27ClF2N4O5S/c25-16-1-3-18(4-2-16)36-22-20(26)11-19(12-21(22)27)37-31-17-5-6-24(31,23(33)29-34)14-30(13-17)8-10-35-9-7-28-15-32/h1-4,11-12,15,17,34H,5-10,13-14H2,(H,28,32)(H,29,33). The van der Waals surface area contributed by atoms with Crippen molar-refractivity contribution in [2.75, 3.05) is 39.4 Å². The van der Waals surface area contributed by atoms with Gasteiger partial charge in [-0.25, -0.2) is 18.6 Å². The molecule has 0 aromatic heterocycles. The molecule has 2 saturated heterocycles. The van der Waals surface area contributed by atoms with E-state index in [0.717, 1.165) is 24.1 Å². The van der Waals surface area contributed by atoms with Crippen molar-refractivity contribution < 1.29 is 33.1 Å². The second-order valence-corrected chi connectivity index (χ2v) is 10.3. The van der Waals surface area contributed by atoms with Crippen molar-refractivity contribution in [3.05, 3.63) is 53.1 Å². The number of amides is 2. The third-order valence-electron chi connectivity index (χ3n) is 6.36. The molecular weight excluding hydrogens is 530 g/mol. The summed E-state index contributed by atoms with van der Waals surface area (Å²) in [5.74, 6) is -2.65. The van der Waals surface area contributed by atoms with Gasteiger partial charge in [0.05, 0.1) is 13.2 Å². The number of fused-ring (bicyclic) bond motifs is 2. The zero-order chi connectivity index (χ0) is 26.4. The number of hydrogen-bond acceptors (Lipinski definition) is 8. The maximum atomic E-state index is 14.9. The van der Waals surface area contributed by atoms with Crippen LogP contribution in [0.25, 0.3) is 0 Å². The Kier molecular flexibility index (Phi) is 9.22. The smallest absolute Gasteiger partial charge is 0.266 e. The predicted octanol–water partition coefficient (Wildman–Crippen LogP) is 3.20. The minimum Gasteiger partial charge on any atom is -0.451 e. The zero-order valence-corrected chi connectivity index (χ0v) is 21.4. The first-order chi connectivity index (χ1) is 17.9. The van der Waals surface area contributed by atoms with Crippen molar-refractivity contribution >= 4 is 35.9 Å². The molecule has 0 saturated carbocycles. The van der Waals surface area contributed by atoms with Crippen molar-refractivity contribution in [2.45, 2.75) is 29.3 Å². The number of carbonyl (C=O) groups is 2. The molecule has 2 amide bonds. The molecule has 2 atom stereocenters. The highest BCUT2D eigenvalue weighted by Crippen LogP contribution is 2.46. The lowest BCUT2D eigenvalue weighted by Crippen LogP contribution is -2.65. The SMILES string of the molecule is O=CNCCOCCN1CC2CCC(C(=O)NO)(C1)N2Sc1cc(F)c(Oc2ccc(Cl)cc2)c(F)c1. The van der Waals surface area contributed by atoms with Crippen LogP contribution in [-0.2, 0) is 14.3 Å². The normalized spacial score (nSPS) is 21.6. The zero-order valence-electron chi connectivity index (χ0n) is 19.8. The average molecular weight is 557 g/mol. The Hall–Kier alpha value is -2.48. The fourth-order valence-electron chi connectivity index (χ4n) is 4.66. The van der Waals surface area contributed by atoms with Crippen LogP contribution in [-0.4, -0.2) is 77.7 Å². The largest absolute Gasteiger partial charge is 0.451 e. The first-order valence-electron chi connectivity index (χ1n) is 11.7. The Balaban J connectivity index is 1.46. The van der Waals surface area contributed by atoms with Gasteiger partial charge in [0.15, 0.2) is 17.4 Å². The summed E-state index contributed by atoms with van der Waals surface area (Å²) in [5, 5.41) is 12.5. The highest BCUT2D eigenvalue weighted by Gasteiger charge is 2.56. The van der Waals surface area contributed by atoms with E-state index in [9.17, 15) is 23.6 Å². The van der Waals surface area contributed by atoms with Crippen LogP contribution in [0.3, 0.4) is 0 Å². The Morgan fingerprint density at radius 3 is 2.65 bits per heavy atom. The number of piperazine rings is 1. The Labute approximate surface area is 222 Å². The van der Waals surface area contributed by atoms with E-state index in [1.165, 1.54) is 12.1 Å². The number of rotatable bonds is 12. The molecule has 2 aliphatic heterocycles. The van der Waals surface area contributed by atoms with Crippen molar-refractivity contribution in [3.8, 4) is 11.5 Å². The highest BCUT2D eigenvalue weighted by molar-refractivity contribution is 7.97. The van der Waals surface area contributed by atoms with E-state index in [2.05, 4.69) is 10.2 Å². The fraction of sp³-hybridized carbons (Fsp3) is 0.417. The van der Waals surface area contributed by atoms with E-state index in [-0.39, 0.29) is 16.7 Å². The first-order valence-corrected chi connectivity index (χ1v) is 12.8. The molecule has 2 aromatic carbocycles. The van der Waals surface area contributed by atoms with Crippen molar-refractivity contribution in [2.24, 2.45) is 0 Å². The Morgan fingerprint density at radius 1 is 1.24 bits per heavy atom. The van der Waals surface area contributed by atoms with Gasteiger partial charge in [-0.15, -0.1) is 0 Å². The summed E-state index contributed by atoms with van der Waals surface area (Å²) >= 11 is 6.92. The van der Waals surface area contributed by atoms with Gasteiger partial charge in [0.1, 0.15) is 11.3 Å². The molecule has 2 aliphatic rings. The average Bonchev–Trinajstić information content (AvgIpc) is 3.08. The molecule has 200 valence electrons. The van der Waals surface area contributed by atoms with Gasteiger partial charge in [-0.3, -0.25) is 19.7 Å². The number of benzene rings is 2. The number of ether oxygens (including phenoxy) is 2. The van der Waals surface area contributed by atoms with Crippen molar-refractivity contribution in [1.82, 2.24) is 20.0 Å². The van der Waals surface area contributed by atoms with E-state index in [0.29, 0.717) is 63.7 Å². The fourth-order valence-corrected chi connectivity index (χ4v) is 6.05. The van der Waals surface area contributed by atoms with E-state index in [4.69, 9.17) is 21.1 Å². The van der Waals surface area contributed by atoms with Crippen LogP contribution in [0, 0.1) is 11.6 Å². The lowest BCUT2D eigenvalue weighted by Gasteiger charge is -2.46. The number of nitrogens with zero attached hydrogens (tertiary/aromatic N) is 2. The van der Waals surface area contributed by atoms with Crippen LogP contribution in [0.15, 0.2) is 41.3 Å². The van der Waals surface area contributed by atoms with Crippen LogP contribution in [0.4, 0.5) is 8.78 Å². The second kappa shape index (κ2) is 12.4. The first kappa shape index (κ1) is 27.6. The van der Waals surface area contributed by atoms with Gasteiger partial charge in [-0.1, -0.05) is 11.6 Å². The molecule has 9 nitrogen and oxygen atoms in total. The molecule has 2 fully saturated rings. The summed E-state index contributed by atoms with van der Waals surface area (Å²) in [5.41, 5.74) is 0.682. The van der Waals surface area contributed by atoms with Crippen LogP contribution in [0.5, 0.6) is 11.5 Å². The van der Waals surface area contributed by atoms with E-state index in [1.807, 2.05) is 4.31 Å². The monoisotopic (exact) mass is 556 g/mol. The molecule has 2 bridgehead atoms. The molecular formula is C24H27ClF2N4O5S. The summed E-state index contributed by atoms with van der Waals surface area (Å²) in [6, 6.07) is 8.35. The Bertz CT molecular complexity index is 1090. The van der Waals surface area contributed by atoms with Gasteiger partial charge in [-0.2, -0.15) is 0 Å². The van der Waals surface area contributed by atoms with Gasteiger partial charge in [0.25, 0.3) is 5.91 Å².